The van der Waals surface area contributed by atoms with Gasteiger partial charge in [0, 0.05) is 19.8 Å². The smallest absolute Gasteiger partial charge is 0.245 e. The number of hydrogen-bond donors (Lipinski definition) is 1. The van der Waals surface area contributed by atoms with Crippen LogP contribution < -0.4 is 5.32 Å². The van der Waals surface area contributed by atoms with E-state index in [2.05, 4.69) is 10.3 Å². The Morgan fingerprint density at radius 2 is 2.26 bits per heavy atom. The van der Waals surface area contributed by atoms with Crippen LogP contribution >= 0.6 is 11.6 Å². The lowest BCUT2D eigenvalue weighted by atomic mass is 10.2. The van der Waals surface area contributed by atoms with Crippen LogP contribution in [0.3, 0.4) is 0 Å². The summed E-state index contributed by atoms with van der Waals surface area (Å²) >= 11 is 5.64. The molecular formula is C11H14ClN3O3S. The van der Waals surface area contributed by atoms with Crippen molar-refractivity contribution in [3.63, 3.8) is 0 Å². The Kier molecular flexibility index (Phi) is 4.07. The first-order chi connectivity index (χ1) is 8.96. The van der Waals surface area contributed by atoms with Gasteiger partial charge in [-0.25, -0.2) is 13.4 Å². The number of carbonyl (C=O) groups is 1. The second kappa shape index (κ2) is 5.44. The van der Waals surface area contributed by atoms with Crippen LogP contribution in [0.15, 0.2) is 23.2 Å². The van der Waals surface area contributed by atoms with Crippen molar-refractivity contribution in [2.24, 2.45) is 0 Å². The van der Waals surface area contributed by atoms with E-state index in [4.69, 9.17) is 11.6 Å². The summed E-state index contributed by atoms with van der Waals surface area (Å²) in [6.07, 6.45) is 2.40. The van der Waals surface area contributed by atoms with Crippen molar-refractivity contribution in [1.82, 2.24) is 14.6 Å². The van der Waals surface area contributed by atoms with Crippen LogP contribution in [0.1, 0.15) is 12.8 Å². The van der Waals surface area contributed by atoms with E-state index >= 15 is 0 Å². The molecule has 1 N–H and O–H groups in total. The van der Waals surface area contributed by atoms with Crippen molar-refractivity contribution < 1.29 is 13.2 Å². The zero-order valence-corrected chi connectivity index (χ0v) is 11.9. The van der Waals surface area contributed by atoms with Gasteiger partial charge in [-0.15, -0.1) is 0 Å². The highest BCUT2D eigenvalue weighted by Crippen LogP contribution is 2.26. The fourth-order valence-corrected chi connectivity index (χ4v) is 3.82. The van der Waals surface area contributed by atoms with Crippen LogP contribution in [-0.4, -0.2) is 43.2 Å². The van der Waals surface area contributed by atoms with Gasteiger partial charge < -0.3 is 5.32 Å². The van der Waals surface area contributed by atoms with E-state index in [0.29, 0.717) is 19.4 Å². The molecule has 1 aliphatic rings. The maximum atomic E-state index is 12.4. The SMILES string of the molecule is CNC(=O)C1CCCN1S(=O)(=O)c1ccc(Cl)nc1. The van der Waals surface area contributed by atoms with Crippen LogP contribution in [0, 0.1) is 0 Å². The number of aromatic nitrogens is 1. The number of halogens is 1. The van der Waals surface area contributed by atoms with E-state index in [1.54, 1.807) is 0 Å². The molecule has 0 spiro atoms. The largest absolute Gasteiger partial charge is 0.358 e. The molecule has 2 rings (SSSR count). The Hall–Kier alpha value is -1.18. The third-order valence-electron chi connectivity index (χ3n) is 3.06. The fraction of sp³-hybridized carbons (Fsp3) is 0.455. The molecule has 6 nitrogen and oxygen atoms in total. The molecular weight excluding hydrogens is 290 g/mol. The van der Waals surface area contributed by atoms with Gasteiger partial charge in [-0.1, -0.05) is 11.6 Å². The number of rotatable bonds is 3. The third kappa shape index (κ3) is 2.72. The number of sulfonamides is 1. The summed E-state index contributed by atoms with van der Waals surface area (Å²) in [6, 6.07) is 2.16. The van der Waals surface area contributed by atoms with Crippen molar-refractivity contribution in [2.45, 2.75) is 23.8 Å². The lowest BCUT2D eigenvalue weighted by Crippen LogP contribution is -2.44. The molecule has 0 bridgehead atoms. The Morgan fingerprint density at radius 1 is 1.53 bits per heavy atom. The average molecular weight is 304 g/mol. The van der Waals surface area contributed by atoms with Gasteiger partial charge in [0.2, 0.25) is 15.9 Å². The van der Waals surface area contributed by atoms with Crippen LogP contribution in [0.4, 0.5) is 0 Å². The van der Waals surface area contributed by atoms with E-state index in [9.17, 15) is 13.2 Å². The van der Waals surface area contributed by atoms with Crippen molar-refractivity contribution in [3.8, 4) is 0 Å². The molecule has 0 radical (unpaired) electrons. The minimum atomic E-state index is -3.71. The second-order valence-corrected chi connectivity index (χ2v) is 6.48. The highest BCUT2D eigenvalue weighted by Gasteiger charge is 2.39. The Morgan fingerprint density at radius 3 is 2.84 bits per heavy atom. The first-order valence-corrected chi connectivity index (χ1v) is 7.63. The van der Waals surface area contributed by atoms with Gasteiger partial charge in [0.15, 0.2) is 0 Å². The number of likely N-dealkylation sites (N-methyl/N-ethyl adjacent to an activating group) is 1. The van der Waals surface area contributed by atoms with E-state index < -0.39 is 16.1 Å². The van der Waals surface area contributed by atoms with Crippen molar-refractivity contribution in [3.05, 3.63) is 23.5 Å². The monoisotopic (exact) mass is 303 g/mol. The maximum absolute atomic E-state index is 12.4. The number of pyridine rings is 1. The van der Waals surface area contributed by atoms with Gasteiger partial charge in [0.25, 0.3) is 0 Å². The minimum absolute atomic E-state index is 0.0488. The van der Waals surface area contributed by atoms with Crippen LogP contribution in [0.2, 0.25) is 5.15 Å². The summed E-state index contributed by atoms with van der Waals surface area (Å²) in [5.41, 5.74) is 0. The zero-order chi connectivity index (χ0) is 14.0. The molecule has 1 aliphatic heterocycles. The summed E-state index contributed by atoms with van der Waals surface area (Å²) in [4.78, 5) is 15.5. The van der Waals surface area contributed by atoms with Gasteiger partial charge in [-0.05, 0) is 25.0 Å². The van der Waals surface area contributed by atoms with Gasteiger partial charge in [-0.2, -0.15) is 4.31 Å². The fourth-order valence-electron chi connectivity index (χ4n) is 2.11. The molecule has 8 heteroatoms. The predicted octanol–water partition coefficient (Wildman–Crippen LogP) is 0.634. The van der Waals surface area contributed by atoms with Gasteiger partial charge >= 0.3 is 0 Å². The van der Waals surface area contributed by atoms with E-state index in [1.165, 1.54) is 29.7 Å². The lowest BCUT2D eigenvalue weighted by molar-refractivity contribution is -0.123. The summed E-state index contributed by atoms with van der Waals surface area (Å²) in [6.45, 7) is 0.336. The summed E-state index contributed by atoms with van der Waals surface area (Å²) in [5, 5.41) is 2.71. The molecule has 1 saturated heterocycles. The molecule has 1 unspecified atom stereocenters. The number of nitrogens with zero attached hydrogens (tertiary/aromatic N) is 2. The van der Waals surface area contributed by atoms with Gasteiger partial charge in [-0.3, -0.25) is 4.79 Å². The normalized spacial score (nSPS) is 20.4. The Balaban J connectivity index is 2.33. The molecule has 2 heterocycles. The summed E-state index contributed by atoms with van der Waals surface area (Å²) in [5.74, 6) is -0.289. The lowest BCUT2D eigenvalue weighted by Gasteiger charge is -2.22. The molecule has 1 atom stereocenters. The Bertz CT molecular complexity index is 573. The predicted molar refractivity (Wildman–Crippen MR) is 70.2 cm³/mol. The average Bonchev–Trinajstić information content (AvgIpc) is 2.88. The molecule has 1 amide bonds. The molecule has 1 aromatic heterocycles. The Labute approximate surface area is 116 Å². The van der Waals surface area contributed by atoms with Gasteiger partial charge in [0.05, 0.1) is 0 Å². The number of nitrogens with one attached hydrogen (secondary N) is 1. The molecule has 0 aromatic carbocycles. The standard InChI is InChI=1S/C11H14ClN3O3S/c1-13-11(16)9-3-2-6-15(9)19(17,18)8-4-5-10(12)14-7-8/h4-5,7,9H,2-3,6H2,1H3,(H,13,16). The molecule has 1 fully saturated rings. The van der Waals surface area contributed by atoms with Crippen LogP contribution in [0.25, 0.3) is 0 Å². The van der Waals surface area contributed by atoms with E-state index in [-0.39, 0.29) is 16.0 Å². The molecule has 0 saturated carbocycles. The second-order valence-electron chi connectivity index (χ2n) is 4.20. The van der Waals surface area contributed by atoms with E-state index in [0.717, 1.165) is 0 Å². The summed E-state index contributed by atoms with van der Waals surface area (Å²) < 4.78 is 26.1. The number of amides is 1. The van der Waals surface area contributed by atoms with Crippen molar-refractivity contribution >= 4 is 27.5 Å². The van der Waals surface area contributed by atoms with Crippen molar-refractivity contribution in [2.75, 3.05) is 13.6 Å². The molecule has 104 valence electrons. The van der Waals surface area contributed by atoms with Crippen LogP contribution in [-0.2, 0) is 14.8 Å². The first-order valence-electron chi connectivity index (χ1n) is 5.82. The molecule has 0 aliphatic carbocycles. The first kappa shape index (κ1) is 14.2. The molecule has 19 heavy (non-hydrogen) atoms. The van der Waals surface area contributed by atoms with Gasteiger partial charge in [0.1, 0.15) is 16.1 Å². The summed E-state index contributed by atoms with van der Waals surface area (Å²) in [7, 11) is -2.21. The number of carbonyl (C=O) groups excluding carboxylic acids is 1. The maximum Gasteiger partial charge on any atom is 0.245 e. The highest BCUT2D eigenvalue weighted by molar-refractivity contribution is 7.89. The number of hydrogen-bond acceptors (Lipinski definition) is 4. The van der Waals surface area contributed by atoms with Crippen LogP contribution in [0.5, 0.6) is 0 Å². The third-order valence-corrected chi connectivity index (χ3v) is 5.17. The highest BCUT2D eigenvalue weighted by atomic mass is 35.5. The quantitative estimate of drug-likeness (QED) is 0.831. The topological polar surface area (TPSA) is 79.4 Å². The zero-order valence-electron chi connectivity index (χ0n) is 10.3. The minimum Gasteiger partial charge on any atom is -0.358 e. The van der Waals surface area contributed by atoms with E-state index in [1.807, 2.05) is 0 Å². The van der Waals surface area contributed by atoms with Crippen molar-refractivity contribution in [1.29, 1.82) is 0 Å². The molecule has 1 aromatic rings.